The third kappa shape index (κ3) is 3.82. The zero-order chi connectivity index (χ0) is 18.0. The summed E-state index contributed by atoms with van der Waals surface area (Å²) in [6.07, 6.45) is 1.33. The quantitative estimate of drug-likeness (QED) is 0.754. The molecule has 0 unspecified atom stereocenters. The van der Waals surface area contributed by atoms with E-state index in [-0.39, 0.29) is 11.6 Å². The maximum Gasteiger partial charge on any atom is 0.274 e. The van der Waals surface area contributed by atoms with Gasteiger partial charge >= 0.3 is 0 Å². The molecule has 2 aromatic heterocycles. The minimum Gasteiger partial charge on any atom is -0.360 e. The Labute approximate surface area is 145 Å². The van der Waals surface area contributed by atoms with Crippen LogP contribution in [0.3, 0.4) is 0 Å². The normalized spacial score (nSPS) is 10.6. The highest BCUT2D eigenvalue weighted by molar-refractivity contribution is 6.04. The molecular weight excluding hydrogens is 318 g/mol. The first-order valence-corrected chi connectivity index (χ1v) is 7.84. The molecule has 0 aliphatic heterocycles. The Hall–Kier alpha value is -3.22. The summed E-state index contributed by atoms with van der Waals surface area (Å²) in [6, 6.07) is 7.37. The number of carbonyl (C=O) groups is 1. The number of anilines is 3. The van der Waals surface area contributed by atoms with Gasteiger partial charge in [-0.15, -0.1) is 0 Å². The van der Waals surface area contributed by atoms with Crippen LogP contribution in [0.4, 0.5) is 17.3 Å². The molecule has 2 heterocycles. The largest absolute Gasteiger partial charge is 0.360 e. The summed E-state index contributed by atoms with van der Waals surface area (Å²) in [5.74, 6) is 1.37. The number of amides is 1. The average Bonchev–Trinajstić information content (AvgIpc) is 2.96. The first kappa shape index (κ1) is 16.6. The van der Waals surface area contributed by atoms with Crippen LogP contribution in [0.5, 0.6) is 0 Å². The molecule has 0 saturated heterocycles. The molecule has 0 radical (unpaired) electrons. The van der Waals surface area contributed by atoms with E-state index < -0.39 is 0 Å². The van der Waals surface area contributed by atoms with Gasteiger partial charge < -0.3 is 15.2 Å². The summed E-state index contributed by atoms with van der Waals surface area (Å²) in [7, 11) is 0. The SMILES string of the molecule is Cc1cc(C)c(NC(=O)c2cc(Nc3cc(C)on3)ncn2)c(C)c1. The van der Waals surface area contributed by atoms with Gasteiger partial charge in [0.15, 0.2) is 5.82 Å². The van der Waals surface area contributed by atoms with Crippen molar-refractivity contribution in [1.29, 1.82) is 0 Å². The standard InChI is InChI=1S/C18H19N5O2/c1-10-5-11(2)17(12(3)6-10)22-18(24)14-8-15(20-9-19-14)21-16-7-13(4)25-23-16/h5-9H,1-4H3,(H,22,24)(H,19,20,21,23). The summed E-state index contributed by atoms with van der Waals surface area (Å²) >= 11 is 0. The first-order chi connectivity index (χ1) is 11.9. The number of hydrogen-bond acceptors (Lipinski definition) is 6. The van der Waals surface area contributed by atoms with Gasteiger partial charge in [-0.05, 0) is 38.8 Å². The molecule has 0 aliphatic carbocycles. The maximum atomic E-state index is 12.5. The lowest BCUT2D eigenvalue weighted by atomic mass is 10.1. The summed E-state index contributed by atoms with van der Waals surface area (Å²) in [6.45, 7) is 7.76. The molecule has 3 aromatic rings. The van der Waals surface area contributed by atoms with Crippen LogP contribution in [0.2, 0.25) is 0 Å². The van der Waals surface area contributed by atoms with E-state index in [1.807, 2.05) is 32.9 Å². The number of aromatic nitrogens is 3. The molecule has 0 aliphatic rings. The third-order valence-electron chi connectivity index (χ3n) is 3.70. The summed E-state index contributed by atoms with van der Waals surface area (Å²) < 4.78 is 4.99. The number of rotatable bonds is 4. The fraction of sp³-hybridized carbons (Fsp3) is 0.222. The van der Waals surface area contributed by atoms with Gasteiger partial charge in [0.05, 0.1) is 0 Å². The first-order valence-electron chi connectivity index (χ1n) is 7.84. The van der Waals surface area contributed by atoms with Crippen molar-refractivity contribution >= 4 is 23.2 Å². The van der Waals surface area contributed by atoms with Crippen molar-refractivity contribution in [2.75, 3.05) is 10.6 Å². The van der Waals surface area contributed by atoms with Gasteiger partial charge in [0, 0.05) is 17.8 Å². The Morgan fingerprint density at radius 3 is 2.32 bits per heavy atom. The fourth-order valence-corrected chi connectivity index (χ4v) is 2.66. The molecule has 128 valence electrons. The van der Waals surface area contributed by atoms with Crippen molar-refractivity contribution in [3.63, 3.8) is 0 Å². The molecule has 1 aromatic carbocycles. The number of hydrogen-bond donors (Lipinski definition) is 2. The number of nitrogens with zero attached hydrogens (tertiary/aromatic N) is 3. The van der Waals surface area contributed by atoms with Gasteiger partial charge in [-0.1, -0.05) is 22.9 Å². The van der Waals surface area contributed by atoms with Gasteiger partial charge in [-0.2, -0.15) is 0 Å². The number of carbonyl (C=O) groups excluding carboxylic acids is 1. The van der Waals surface area contributed by atoms with E-state index in [1.54, 1.807) is 19.1 Å². The molecule has 1 amide bonds. The van der Waals surface area contributed by atoms with Gasteiger partial charge in [0.25, 0.3) is 5.91 Å². The summed E-state index contributed by atoms with van der Waals surface area (Å²) in [4.78, 5) is 20.7. The van der Waals surface area contributed by atoms with Gasteiger partial charge in [0.1, 0.15) is 23.6 Å². The van der Waals surface area contributed by atoms with Crippen LogP contribution in [0.1, 0.15) is 32.9 Å². The topological polar surface area (TPSA) is 92.9 Å². The van der Waals surface area contributed by atoms with Crippen molar-refractivity contribution in [2.45, 2.75) is 27.7 Å². The Kier molecular flexibility index (Phi) is 4.47. The molecule has 7 nitrogen and oxygen atoms in total. The zero-order valence-corrected chi connectivity index (χ0v) is 14.5. The van der Waals surface area contributed by atoms with E-state index in [2.05, 4.69) is 25.8 Å². The highest BCUT2D eigenvalue weighted by Crippen LogP contribution is 2.23. The van der Waals surface area contributed by atoms with Crippen molar-refractivity contribution in [3.8, 4) is 0 Å². The monoisotopic (exact) mass is 337 g/mol. The molecular formula is C18H19N5O2. The van der Waals surface area contributed by atoms with E-state index in [9.17, 15) is 4.79 Å². The number of benzene rings is 1. The second kappa shape index (κ2) is 6.72. The fourth-order valence-electron chi connectivity index (χ4n) is 2.66. The highest BCUT2D eigenvalue weighted by atomic mass is 16.5. The predicted octanol–water partition coefficient (Wildman–Crippen LogP) is 3.69. The van der Waals surface area contributed by atoms with Crippen LogP contribution < -0.4 is 10.6 Å². The molecule has 0 atom stereocenters. The van der Waals surface area contributed by atoms with E-state index in [4.69, 9.17) is 4.52 Å². The highest BCUT2D eigenvalue weighted by Gasteiger charge is 2.13. The van der Waals surface area contributed by atoms with Crippen LogP contribution in [0, 0.1) is 27.7 Å². The van der Waals surface area contributed by atoms with Crippen molar-refractivity contribution in [2.24, 2.45) is 0 Å². The lowest BCUT2D eigenvalue weighted by Crippen LogP contribution is -2.16. The molecule has 25 heavy (non-hydrogen) atoms. The van der Waals surface area contributed by atoms with Crippen LogP contribution >= 0.6 is 0 Å². The predicted molar refractivity (Wildman–Crippen MR) is 95.2 cm³/mol. The van der Waals surface area contributed by atoms with Crippen LogP contribution in [-0.4, -0.2) is 21.0 Å². The molecule has 7 heteroatoms. The van der Waals surface area contributed by atoms with Crippen LogP contribution in [0.15, 0.2) is 35.1 Å². The third-order valence-corrected chi connectivity index (χ3v) is 3.70. The Bertz CT molecular complexity index is 910. The Morgan fingerprint density at radius 1 is 0.960 bits per heavy atom. The van der Waals surface area contributed by atoms with Crippen molar-refractivity contribution < 1.29 is 9.32 Å². The minimum atomic E-state index is -0.295. The summed E-state index contributed by atoms with van der Waals surface area (Å²) in [5, 5.41) is 9.74. The second-order valence-electron chi connectivity index (χ2n) is 5.96. The van der Waals surface area contributed by atoms with Gasteiger partial charge in [0.2, 0.25) is 0 Å². The molecule has 0 saturated carbocycles. The van der Waals surface area contributed by atoms with Crippen molar-refractivity contribution in [1.82, 2.24) is 15.1 Å². The Morgan fingerprint density at radius 2 is 1.68 bits per heavy atom. The van der Waals surface area contributed by atoms with Crippen LogP contribution in [-0.2, 0) is 0 Å². The molecule has 0 fully saturated rings. The van der Waals surface area contributed by atoms with E-state index in [1.165, 1.54) is 6.33 Å². The lowest BCUT2D eigenvalue weighted by Gasteiger charge is -2.12. The van der Waals surface area contributed by atoms with Gasteiger partial charge in [-0.3, -0.25) is 4.79 Å². The molecule has 0 bridgehead atoms. The average molecular weight is 337 g/mol. The van der Waals surface area contributed by atoms with Crippen LogP contribution in [0.25, 0.3) is 0 Å². The smallest absolute Gasteiger partial charge is 0.274 e. The van der Waals surface area contributed by atoms with E-state index in [0.717, 1.165) is 22.4 Å². The second-order valence-corrected chi connectivity index (χ2v) is 5.96. The van der Waals surface area contributed by atoms with E-state index >= 15 is 0 Å². The van der Waals surface area contributed by atoms with E-state index in [0.29, 0.717) is 17.4 Å². The molecule has 2 N–H and O–H groups in total. The summed E-state index contributed by atoms with van der Waals surface area (Å²) in [5.41, 5.74) is 4.24. The number of aryl methyl sites for hydroxylation is 4. The maximum absolute atomic E-state index is 12.5. The minimum absolute atomic E-state index is 0.261. The lowest BCUT2D eigenvalue weighted by molar-refractivity contribution is 0.102. The van der Waals surface area contributed by atoms with Gasteiger partial charge in [-0.25, -0.2) is 9.97 Å². The number of nitrogens with one attached hydrogen (secondary N) is 2. The Balaban J connectivity index is 1.80. The molecule has 3 rings (SSSR count). The zero-order valence-electron chi connectivity index (χ0n) is 14.5. The van der Waals surface area contributed by atoms with Crippen molar-refractivity contribution in [3.05, 3.63) is 58.7 Å². The molecule has 0 spiro atoms.